The molecule has 0 radical (unpaired) electrons. The Morgan fingerprint density at radius 1 is 1.29 bits per heavy atom. The first-order valence-electron chi connectivity index (χ1n) is 7.39. The Bertz CT molecular complexity index is 472. The summed E-state index contributed by atoms with van der Waals surface area (Å²) in [6.07, 6.45) is 0. The van der Waals surface area contributed by atoms with Gasteiger partial charge in [0, 0.05) is 24.7 Å². The Labute approximate surface area is 126 Å². The van der Waals surface area contributed by atoms with E-state index in [2.05, 4.69) is 5.32 Å². The second-order valence-electron chi connectivity index (χ2n) is 5.29. The van der Waals surface area contributed by atoms with Gasteiger partial charge in [-0.25, -0.2) is 0 Å². The number of hydrogen-bond acceptors (Lipinski definition) is 4. The predicted octanol–water partition coefficient (Wildman–Crippen LogP) is 1.59. The number of carbonyl (C=O) groups is 1. The van der Waals surface area contributed by atoms with Crippen molar-refractivity contribution in [1.29, 1.82) is 0 Å². The quantitative estimate of drug-likeness (QED) is 0.895. The fourth-order valence-electron chi connectivity index (χ4n) is 2.62. The van der Waals surface area contributed by atoms with Crippen molar-refractivity contribution in [3.8, 4) is 5.75 Å². The Kier molecular flexibility index (Phi) is 5.59. The molecule has 0 aliphatic carbocycles. The van der Waals surface area contributed by atoms with Crippen molar-refractivity contribution in [2.75, 3.05) is 33.4 Å². The summed E-state index contributed by atoms with van der Waals surface area (Å²) in [5, 5.41) is 3.36. The van der Waals surface area contributed by atoms with Crippen molar-refractivity contribution >= 4 is 5.91 Å². The highest BCUT2D eigenvalue weighted by atomic mass is 16.5. The van der Waals surface area contributed by atoms with Crippen LogP contribution in [0.2, 0.25) is 0 Å². The number of carbonyl (C=O) groups excluding carboxylic acids is 1. The summed E-state index contributed by atoms with van der Waals surface area (Å²) in [5.74, 6) is 0.962. The highest BCUT2D eigenvalue weighted by Crippen LogP contribution is 2.24. The molecule has 1 aromatic carbocycles. The molecule has 5 nitrogen and oxygen atoms in total. The van der Waals surface area contributed by atoms with Crippen LogP contribution in [0.3, 0.4) is 0 Å². The number of nitrogens with zero attached hydrogens (tertiary/aromatic N) is 1. The van der Waals surface area contributed by atoms with Crippen molar-refractivity contribution in [1.82, 2.24) is 10.2 Å². The predicted molar refractivity (Wildman–Crippen MR) is 81.4 cm³/mol. The molecule has 1 saturated heterocycles. The Hall–Kier alpha value is -1.59. The minimum absolute atomic E-state index is 0.0427. The van der Waals surface area contributed by atoms with E-state index < -0.39 is 0 Å². The number of rotatable bonds is 5. The first-order valence-corrected chi connectivity index (χ1v) is 7.39. The van der Waals surface area contributed by atoms with Crippen molar-refractivity contribution in [2.24, 2.45) is 0 Å². The van der Waals surface area contributed by atoms with Gasteiger partial charge in [0.05, 0.1) is 26.4 Å². The fraction of sp³-hybridized carbons (Fsp3) is 0.562. The van der Waals surface area contributed by atoms with Gasteiger partial charge in [0.2, 0.25) is 5.91 Å². The maximum Gasteiger partial charge on any atom is 0.239 e. The van der Waals surface area contributed by atoms with Crippen LogP contribution < -0.4 is 10.1 Å². The number of methoxy groups -OCH3 is 1. The summed E-state index contributed by atoms with van der Waals surface area (Å²) >= 11 is 0. The second-order valence-corrected chi connectivity index (χ2v) is 5.29. The second kappa shape index (κ2) is 7.43. The molecule has 0 bridgehead atoms. The number of nitrogens with one attached hydrogen (secondary N) is 1. The van der Waals surface area contributed by atoms with Crippen molar-refractivity contribution in [3.63, 3.8) is 0 Å². The first kappa shape index (κ1) is 15.8. The number of hydrogen-bond donors (Lipinski definition) is 1. The summed E-state index contributed by atoms with van der Waals surface area (Å²) in [7, 11) is 1.66. The van der Waals surface area contributed by atoms with Gasteiger partial charge in [-0.15, -0.1) is 0 Å². The molecule has 1 amide bonds. The lowest BCUT2D eigenvalue weighted by Gasteiger charge is -2.30. The average Bonchev–Trinajstić information content (AvgIpc) is 2.54. The van der Waals surface area contributed by atoms with Crippen LogP contribution in [-0.4, -0.2) is 50.3 Å². The molecule has 2 rings (SSSR count). The zero-order valence-corrected chi connectivity index (χ0v) is 13.0. The summed E-state index contributed by atoms with van der Waals surface area (Å²) in [6, 6.07) is 7.68. The van der Waals surface area contributed by atoms with Gasteiger partial charge < -0.3 is 14.4 Å². The Morgan fingerprint density at radius 2 is 1.95 bits per heavy atom. The van der Waals surface area contributed by atoms with Crippen LogP contribution in [0.15, 0.2) is 24.3 Å². The number of amides is 1. The van der Waals surface area contributed by atoms with Crippen molar-refractivity contribution < 1.29 is 14.3 Å². The van der Waals surface area contributed by atoms with E-state index in [4.69, 9.17) is 9.47 Å². The summed E-state index contributed by atoms with van der Waals surface area (Å²) < 4.78 is 10.7. The lowest BCUT2D eigenvalue weighted by atomic mass is 10.1. The van der Waals surface area contributed by atoms with E-state index in [1.807, 2.05) is 43.0 Å². The van der Waals surface area contributed by atoms with Gasteiger partial charge in [-0.3, -0.25) is 10.1 Å². The maximum atomic E-state index is 12.4. The molecule has 2 atom stereocenters. The molecule has 0 aromatic heterocycles. The molecule has 0 saturated carbocycles. The Balaban J connectivity index is 1.97. The van der Waals surface area contributed by atoms with Gasteiger partial charge in [-0.1, -0.05) is 18.2 Å². The molecule has 1 aromatic rings. The van der Waals surface area contributed by atoms with Gasteiger partial charge in [0.25, 0.3) is 0 Å². The topological polar surface area (TPSA) is 50.8 Å². The van der Waals surface area contributed by atoms with Crippen LogP contribution in [0.25, 0.3) is 0 Å². The minimum atomic E-state index is -0.233. The minimum Gasteiger partial charge on any atom is -0.496 e. The van der Waals surface area contributed by atoms with E-state index in [9.17, 15) is 4.79 Å². The lowest BCUT2D eigenvalue weighted by molar-refractivity contribution is -0.137. The van der Waals surface area contributed by atoms with Gasteiger partial charge in [0.15, 0.2) is 0 Å². The molecule has 1 aliphatic rings. The number of para-hydroxylation sites is 1. The highest BCUT2D eigenvalue weighted by molar-refractivity contribution is 5.81. The molecule has 21 heavy (non-hydrogen) atoms. The standard InChI is InChI=1S/C16H24N2O3/c1-12(14-6-4-5-7-15(14)20-3)17-13(2)16(19)18-8-10-21-11-9-18/h4-7,12-13,17H,8-11H2,1-3H3/t12-,13?/m0/s1. The molecule has 1 N–H and O–H groups in total. The monoisotopic (exact) mass is 292 g/mol. The summed E-state index contributed by atoms with van der Waals surface area (Å²) in [4.78, 5) is 14.3. The maximum absolute atomic E-state index is 12.4. The van der Waals surface area contributed by atoms with Crippen LogP contribution in [0, 0.1) is 0 Å². The molecule has 116 valence electrons. The number of morpholine rings is 1. The van der Waals surface area contributed by atoms with Crippen molar-refractivity contribution in [3.05, 3.63) is 29.8 Å². The number of benzene rings is 1. The third-order valence-corrected chi connectivity index (χ3v) is 3.80. The van der Waals surface area contributed by atoms with Crippen molar-refractivity contribution in [2.45, 2.75) is 25.9 Å². The molecule has 1 heterocycles. The zero-order valence-electron chi connectivity index (χ0n) is 13.0. The van der Waals surface area contributed by atoms with Gasteiger partial charge in [0.1, 0.15) is 5.75 Å². The molecular formula is C16H24N2O3. The van der Waals surface area contributed by atoms with Crippen LogP contribution in [0.5, 0.6) is 5.75 Å². The van der Waals surface area contributed by atoms with E-state index in [1.54, 1.807) is 7.11 Å². The van der Waals surface area contributed by atoms with E-state index in [-0.39, 0.29) is 18.0 Å². The lowest BCUT2D eigenvalue weighted by Crippen LogP contribution is -2.49. The van der Waals surface area contributed by atoms with Crippen LogP contribution in [0.4, 0.5) is 0 Å². The fourth-order valence-corrected chi connectivity index (χ4v) is 2.62. The van der Waals surface area contributed by atoms with Crippen LogP contribution >= 0.6 is 0 Å². The zero-order chi connectivity index (χ0) is 15.2. The van der Waals surface area contributed by atoms with Gasteiger partial charge in [-0.2, -0.15) is 0 Å². The highest BCUT2D eigenvalue weighted by Gasteiger charge is 2.24. The van der Waals surface area contributed by atoms with Crippen LogP contribution in [-0.2, 0) is 9.53 Å². The smallest absolute Gasteiger partial charge is 0.239 e. The summed E-state index contributed by atoms with van der Waals surface area (Å²) in [6.45, 7) is 6.55. The first-order chi connectivity index (χ1) is 10.1. The molecular weight excluding hydrogens is 268 g/mol. The third-order valence-electron chi connectivity index (χ3n) is 3.80. The third kappa shape index (κ3) is 3.95. The van der Waals surface area contributed by atoms with E-state index in [0.717, 1.165) is 11.3 Å². The van der Waals surface area contributed by atoms with E-state index in [1.165, 1.54) is 0 Å². The Morgan fingerprint density at radius 3 is 2.62 bits per heavy atom. The van der Waals surface area contributed by atoms with Gasteiger partial charge >= 0.3 is 0 Å². The van der Waals surface area contributed by atoms with Crippen LogP contribution in [0.1, 0.15) is 25.5 Å². The molecule has 1 unspecified atom stereocenters. The molecule has 5 heteroatoms. The largest absolute Gasteiger partial charge is 0.496 e. The normalized spacial score (nSPS) is 18.1. The average molecular weight is 292 g/mol. The molecule has 1 aliphatic heterocycles. The molecule has 1 fully saturated rings. The van der Waals surface area contributed by atoms with Gasteiger partial charge in [-0.05, 0) is 19.9 Å². The summed E-state index contributed by atoms with van der Waals surface area (Å²) in [5.41, 5.74) is 1.06. The van der Waals surface area contributed by atoms with E-state index in [0.29, 0.717) is 26.3 Å². The SMILES string of the molecule is COc1ccccc1[C@H](C)NC(C)C(=O)N1CCOCC1. The number of ether oxygens (including phenoxy) is 2. The molecule has 0 spiro atoms. The van der Waals surface area contributed by atoms with E-state index >= 15 is 0 Å².